The van der Waals surface area contributed by atoms with Gasteiger partial charge in [-0.2, -0.15) is 13.5 Å². The number of methoxy groups -OCH3 is 1. The van der Waals surface area contributed by atoms with Crippen LogP contribution < -0.4 is 10.0 Å². The number of hydrogen-bond acceptors (Lipinski definition) is 5. The Morgan fingerprint density at radius 1 is 1.00 bits per heavy atom. The first kappa shape index (κ1) is 25.4. The van der Waals surface area contributed by atoms with E-state index in [2.05, 4.69) is 10.1 Å². The minimum absolute atomic E-state index is 0.107. The molecule has 0 unspecified atom stereocenters. The molecule has 32 heavy (non-hydrogen) atoms. The summed E-state index contributed by atoms with van der Waals surface area (Å²) in [6, 6.07) is 12.3. The van der Waals surface area contributed by atoms with Crippen molar-refractivity contribution in [2.45, 2.75) is 37.6 Å². The molecule has 1 amide bonds. The Hall–Kier alpha value is -2.85. The van der Waals surface area contributed by atoms with Crippen molar-refractivity contribution in [3.05, 3.63) is 71.8 Å². The fraction of sp³-hybridized carbons (Fsp3) is 0.364. The predicted octanol–water partition coefficient (Wildman–Crippen LogP) is 2.74. The molecule has 10 heteroatoms. The van der Waals surface area contributed by atoms with Crippen molar-refractivity contribution in [1.82, 2.24) is 10.0 Å². The number of ether oxygens (including phenoxy) is 1. The summed E-state index contributed by atoms with van der Waals surface area (Å²) in [6.07, 6.45) is -0.189. The van der Waals surface area contributed by atoms with Gasteiger partial charge in [0.15, 0.2) is 0 Å². The third-order valence-electron chi connectivity index (χ3n) is 4.78. The second-order valence-electron chi connectivity index (χ2n) is 7.51. The Bertz CT molecular complexity index is 1020. The van der Waals surface area contributed by atoms with E-state index in [1.807, 2.05) is 0 Å². The lowest BCUT2D eigenvalue weighted by Gasteiger charge is -2.31. The normalized spacial score (nSPS) is 13.9. The van der Waals surface area contributed by atoms with Crippen LogP contribution in [0.2, 0.25) is 0 Å². The number of amides is 1. The molecule has 2 rings (SSSR count). The summed E-state index contributed by atoms with van der Waals surface area (Å²) in [7, 11) is -4.37. The van der Waals surface area contributed by atoms with E-state index in [1.54, 1.807) is 53.3 Å². The number of hydrogen-bond donors (Lipinski definition) is 2. The molecule has 0 aliphatic heterocycles. The smallest absolute Gasteiger partial charge is 0.378 e. The molecule has 2 atom stereocenters. The molecule has 0 heterocycles. The molecular formula is C22H26F2N2O5S. The minimum Gasteiger partial charge on any atom is -0.468 e. The quantitative estimate of drug-likeness (QED) is 0.522. The number of esters is 1. The van der Waals surface area contributed by atoms with Gasteiger partial charge in [0.2, 0.25) is 0 Å². The van der Waals surface area contributed by atoms with Crippen LogP contribution in [0.15, 0.2) is 60.7 Å². The van der Waals surface area contributed by atoms with Crippen molar-refractivity contribution in [2.75, 3.05) is 7.11 Å². The lowest BCUT2D eigenvalue weighted by atomic mass is 10.0. The fourth-order valence-corrected chi connectivity index (χ4v) is 4.43. The first-order valence-corrected chi connectivity index (χ1v) is 11.3. The highest BCUT2D eigenvalue weighted by Crippen LogP contribution is 2.30. The van der Waals surface area contributed by atoms with Crippen molar-refractivity contribution < 1.29 is 31.5 Å². The highest BCUT2D eigenvalue weighted by Gasteiger charge is 2.55. The standard InChI is InChI=1S/C22H26F2N2O5S/c1-15(2)19(25-20(27)17-12-8-5-9-13-17)22(23,24)32(29,30)26-18(21(28)31-3)14-16-10-6-4-7-11-16/h4-13,15,18-19,26H,14H2,1-3H3,(H,25,27)/t18-,19+/m1/s1. The van der Waals surface area contributed by atoms with E-state index >= 15 is 8.78 Å². The number of rotatable bonds is 10. The summed E-state index contributed by atoms with van der Waals surface area (Å²) in [5, 5.41) is -2.30. The van der Waals surface area contributed by atoms with Crippen LogP contribution in [0.3, 0.4) is 0 Å². The van der Waals surface area contributed by atoms with Gasteiger partial charge in [0.25, 0.3) is 15.9 Å². The van der Waals surface area contributed by atoms with Crippen LogP contribution in [-0.4, -0.2) is 44.7 Å². The van der Waals surface area contributed by atoms with Gasteiger partial charge in [-0.05, 0) is 30.0 Å². The first-order valence-electron chi connectivity index (χ1n) is 9.87. The molecular weight excluding hydrogens is 442 g/mol. The van der Waals surface area contributed by atoms with Crippen LogP contribution in [0.25, 0.3) is 0 Å². The van der Waals surface area contributed by atoms with Crippen molar-refractivity contribution in [1.29, 1.82) is 0 Å². The van der Waals surface area contributed by atoms with E-state index in [4.69, 9.17) is 0 Å². The maximum absolute atomic E-state index is 15.2. The van der Waals surface area contributed by atoms with Crippen LogP contribution in [-0.2, 0) is 26.0 Å². The number of halogens is 2. The second kappa shape index (κ2) is 10.6. The molecule has 174 valence electrons. The Morgan fingerprint density at radius 2 is 1.53 bits per heavy atom. The Balaban J connectivity index is 2.29. The number of carbonyl (C=O) groups excluding carboxylic acids is 2. The molecule has 0 radical (unpaired) electrons. The average molecular weight is 469 g/mol. The minimum atomic E-state index is -5.41. The van der Waals surface area contributed by atoms with E-state index in [9.17, 15) is 18.0 Å². The summed E-state index contributed by atoms with van der Waals surface area (Å²) < 4.78 is 62.3. The largest absolute Gasteiger partial charge is 0.468 e. The van der Waals surface area contributed by atoms with Gasteiger partial charge >= 0.3 is 11.2 Å². The molecule has 0 aliphatic carbocycles. The van der Waals surface area contributed by atoms with E-state index < -0.39 is 45.2 Å². The van der Waals surface area contributed by atoms with E-state index in [0.29, 0.717) is 5.56 Å². The number of alkyl halides is 2. The maximum atomic E-state index is 15.2. The van der Waals surface area contributed by atoms with Crippen LogP contribution >= 0.6 is 0 Å². The zero-order chi connectivity index (χ0) is 23.9. The van der Waals surface area contributed by atoms with Crippen molar-refractivity contribution in [2.24, 2.45) is 5.92 Å². The highest BCUT2D eigenvalue weighted by atomic mass is 32.2. The first-order chi connectivity index (χ1) is 15.0. The zero-order valence-corrected chi connectivity index (χ0v) is 18.7. The predicted molar refractivity (Wildman–Crippen MR) is 115 cm³/mol. The number of carbonyl (C=O) groups is 2. The van der Waals surface area contributed by atoms with Crippen LogP contribution in [0.1, 0.15) is 29.8 Å². The molecule has 2 aromatic rings. The summed E-state index contributed by atoms with van der Waals surface area (Å²) >= 11 is 0. The van der Waals surface area contributed by atoms with Gasteiger partial charge in [0.05, 0.1) is 7.11 Å². The monoisotopic (exact) mass is 468 g/mol. The summed E-state index contributed by atoms with van der Waals surface area (Å²) in [4.78, 5) is 24.5. The summed E-state index contributed by atoms with van der Waals surface area (Å²) in [5.74, 6) is -2.80. The number of nitrogens with one attached hydrogen (secondary N) is 2. The van der Waals surface area contributed by atoms with Gasteiger partial charge in [-0.3, -0.25) is 9.59 Å². The van der Waals surface area contributed by atoms with Gasteiger partial charge in [-0.15, -0.1) is 0 Å². The molecule has 0 fully saturated rings. The molecule has 0 aromatic heterocycles. The SMILES string of the molecule is COC(=O)[C@@H](Cc1ccccc1)NS(=O)(=O)C(F)(F)[C@@H](NC(=O)c1ccccc1)C(C)C. The van der Waals surface area contributed by atoms with Crippen molar-refractivity contribution in [3.63, 3.8) is 0 Å². The average Bonchev–Trinajstić information content (AvgIpc) is 2.76. The molecule has 0 aliphatic rings. The van der Waals surface area contributed by atoms with Crippen LogP contribution in [0.4, 0.5) is 8.78 Å². The maximum Gasteiger partial charge on any atom is 0.378 e. The molecule has 0 spiro atoms. The topological polar surface area (TPSA) is 102 Å². The van der Waals surface area contributed by atoms with Crippen molar-refractivity contribution in [3.8, 4) is 0 Å². The third-order valence-corrected chi connectivity index (χ3v) is 6.34. The molecule has 7 nitrogen and oxygen atoms in total. The fourth-order valence-electron chi connectivity index (χ4n) is 3.05. The van der Waals surface area contributed by atoms with Crippen LogP contribution in [0.5, 0.6) is 0 Å². The molecule has 0 bridgehead atoms. The molecule has 2 N–H and O–H groups in total. The van der Waals surface area contributed by atoms with E-state index in [1.165, 1.54) is 26.0 Å². The highest BCUT2D eigenvalue weighted by molar-refractivity contribution is 7.90. The Kier molecular flexibility index (Phi) is 8.45. The Morgan fingerprint density at radius 3 is 2.03 bits per heavy atom. The Labute approximate surface area is 186 Å². The molecule has 0 saturated carbocycles. The lowest BCUT2D eigenvalue weighted by Crippen LogP contribution is -2.59. The molecule has 2 aromatic carbocycles. The summed E-state index contributed by atoms with van der Waals surface area (Å²) in [6.45, 7) is 2.72. The number of sulfonamides is 1. The van der Waals surface area contributed by atoms with Crippen molar-refractivity contribution >= 4 is 21.9 Å². The van der Waals surface area contributed by atoms with Gasteiger partial charge in [0, 0.05) is 5.56 Å². The van der Waals surface area contributed by atoms with Crippen LogP contribution in [0, 0.1) is 5.92 Å². The third kappa shape index (κ3) is 6.10. The van der Waals surface area contributed by atoms with E-state index in [-0.39, 0.29) is 12.0 Å². The van der Waals surface area contributed by atoms with Gasteiger partial charge in [0.1, 0.15) is 12.1 Å². The van der Waals surface area contributed by atoms with Gasteiger partial charge < -0.3 is 10.1 Å². The number of benzene rings is 2. The van der Waals surface area contributed by atoms with Gasteiger partial charge in [-0.1, -0.05) is 62.4 Å². The second-order valence-corrected chi connectivity index (χ2v) is 9.30. The zero-order valence-electron chi connectivity index (χ0n) is 17.9. The van der Waals surface area contributed by atoms with Gasteiger partial charge in [-0.25, -0.2) is 8.42 Å². The van der Waals surface area contributed by atoms with E-state index in [0.717, 1.165) is 7.11 Å². The lowest BCUT2D eigenvalue weighted by molar-refractivity contribution is -0.142. The molecule has 0 saturated heterocycles. The summed E-state index contributed by atoms with van der Waals surface area (Å²) in [5.41, 5.74) is 0.655.